The van der Waals surface area contributed by atoms with Gasteiger partial charge in [-0.3, -0.25) is 4.79 Å². The van der Waals surface area contributed by atoms with Gasteiger partial charge in [-0.25, -0.2) is 12.7 Å². The molecule has 0 aromatic carbocycles. The minimum absolute atomic E-state index is 0.00116. The lowest BCUT2D eigenvalue weighted by Gasteiger charge is -2.43. The van der Waals surface area contributed by atoms with E-state index in [1.54, 1.807) is 0 Å². The van der Waals surface area contributed by atoms with Gasteiger partial charge in [0, 0.05) is 31.6 Å². The fraction of sp³-hybridized carbons (Fsp3) is 0.938. The molecule has 2 bridgehead atoms. The van der Waals surface area contributed by atoms with Crippen molar-refractivity contribution in [3.05, 3.63) is 0 Å². The molecule has 0 spiro atoms. The number of amides is 1. The maximum atomic E-state index is 12.4. The quantitative estimate of drug-likeness (QED) is 0.718. The Labute approximate surface area is 140 Å². The second-order valence-corrected chi connectivity index (χ2v) is 8.98. The monoisotopic (exact) mass is 345 g/mol. The van der Waals surface area contributed by atoms with Crippen molar-refractivity contribution in [3.8, 4) is 0 Å². The number of carbonyl (C=O) groups is 1. The molecule has 7 heteroatoms. The molecule has 2 aliphatic carbocycles. The summed E-state index contributed by atoms with van der Waals surface area (Å²) in [5, 5.41) is 2.83. The highest BCUT2D eigenvalue weighted by molar-refractivity contribution is 7.89. The summed E-state index contributed by atoms with van der Waals surface area (Å²) in [5.74, 6) is 0.889. The average Bonchev–Trinajstić information content (AvgIpc) is 2.47. The number of carbonyl (C=O) groups excluding carboxylic acids is 1. The zero-order valence-corrected chi connectivity index (χ0v) is 15.1. The van der Waals surface area contributed by atoms with Crippen molar-refractivity contribution in [2.75, 3.05) is 25.4 Å². The molecule has 2 fully saturated rings. The third kappa shape index (κ3) is 4.45. The number of sulfonamides is 1. The zero-order valence-electron chi connectivity index (χ0n) is 14.3. The Bertz CT molecular complexity index is 491. The lowest BCUT2D eigenvalue weighted by Crippen LogP contribution is -2.49. The van der Waals surface area contributed by atoms with E-state index in [4.69, 9.17) is 5.73 Å². The first-order valence-electron chi connectivity index (χ1n) is 8.90. The summed E-state index contributed by atoms with van der Waals surface area (Å²) < 4.78 is 25.7. The summed E-state index contributed by atoms with van der Waals surface area (Å²) in [5.41, 5.74) is 6.25. The SMILES string of the molecule is CCN(CC)S(=O)(=O)CCNC(=O)C1CC2CCCC(C1)C2N. The van der Waals surface area contributed by atoms with Crippen LogP contribution in [-0.4, -0.2) is 50.1 Å². The predicted octanol–water partition coefficient (Wildman–Crippen LogP) is 0.928. The summed E-state index contributed by atoms with van der Waals surface area (Å²) >= 11 is 0. The van der Waals surface area contributed by atoms with Crippen molar-refractivity contribution in [1.82, 2.24) is 9.62 Å². The largest absolute Gasteiger partial charge is 0.355 e. The molecule has 2 saturated carbocycles. The van der Waals surface area contributed by atoms with E-state index >= 15 is 0 Å². The highest BCUT2D eigenvalue weighted by Gasteiger charge is 2.40. The molecule has 3 N–H and O–H groups in total. The summed E-state index contributed by atoms with van der Waals surface area (Å²) in [6.45, 7) is 4.77. The summed E-state index contributed by atoms with van der Waals surface area (Å²) in [4.78, 5) is 12.4. The maximum absolute atomic E-state index is 12.4. The van der Waals surface area contributed by atoms with Crippen LogP contribution < -0.4 is 11.1 Å². The van der Waals surface area contributed by atoms with E-state index in [1.807, 2.05) is 13.8 Å². The fourth-order valence-corrected chi connectivity index (χ4v) is 5.60. The third-order valence-electron chi connectivity index (χ3n) is 5.54. The van der Waals surface area contributed by atoms with E-state index in [2.05, 4.69) is 5.32 Å². The lowest BCUT2D eigenvalue weighted by molar-refractivity contribution is -0.127. The minimum Gasteiger partial charge on any atom is -0.355 e. The molecule has 0 aliphatic heterocycles. The summed E-state index contributed by atoms with van der Waals surface area (Å²) in [6, 6.07) is 0.246. The molecule has 0 radical (unpaired) electrons. The molecule has 0 aromatic heterocycles. The van der Waals surface area contributed by atoms with Gasteiger partial charge in [0.25, 0.3) is 0 Å². The summed E-state index contributed by atoms with van der Waals surface area (Å²) in [7, 11) is -3.27. The van der Waals surface area contributed by atoms with Crippen molar-refractivity contribution >= 4 is 15.9 Å². The van der Waals surface area contributed by atoms with Crippen LogP contribution in [-0.2, 0) is 14.8 Å². The topological polar surface area (TPSA) is 92.5 Å². The Balaban J connectivity index is 1.81. The van der Waals surface area contributed by atoms with Gasteiger partial charge in [0.1, 0.15) is 0 Å². The number of rotatable bonds is 7. The van der Waals surface area contributed by atoms with Crippen molar-refractivity contribution < 1.29 is 13.2 Å². The molecule has 2 rings (SSSR count). The molecular weight excluding hydrogens is 314 g/mol. The standard InChI is InChI=1S/C16H31N3O3S/c1-3-19(4-2)23(21,22)9-8-18-16(20)14-10-12-6-5-7-13(11-14)15(12)17/h12-15H,3-11,17H2,1-2H3,(H,18,20). The van der Waals surface area contributed by atoms with E-state index in [-0.39, 0.29) is 30.2 Å². The van der Waals surface area contributed by atoms with Crippen molar-refractivity contribution in [1.29, 1.82) is 0 Å². The van der Waals surface area contributed by atoms with E-state index in [1.165, 1.54) is 10.7 Å². The van der Waals surface area contributed by atoms with Crippen LogP contribution in [0, 0.1) is 17.8 Å². The van der Waals surface area contributed by atoms with E-state index in [9.17, 15) is 13.2 Å². The van der Waals surface area contributed by atoms with E-state index < -0.39 is 10.0 Å². The Morgan fingerprint density at radius 3 is 2.26 bits per heavy atom. The third-order valence-corrected chi connectivity index (χ3v) is 7.57. The van der Waals surface area contributed by atoms with Gasteiger partial charge in [-0.05, 0) is 37.5 Å². The minimum atomic E-state index is -3.27. The second kappa shape index (κ2) is 7.94. The Morgan fingerprint density at radius 2 is 1.74 bits per heavy atom. The second-order valence-electron chi connectivity index (χ2n) is 6.89. The Kier molecular flexibility index (Phi) is 6.45. The van der Waals surface area contributed by atoms with Crippen LogP contribution in [0.15, 0.2) is 0 Å². The number of nitrogens with zero attached hydrogens (tertiary/aromatic N) is 1. The number of fused-ring (bicyclic) bond motifs is 2. The average molecular weight is 346 g/mol. The first-order chi connectivity index (χ1) is 10.9. The molecule has 0 saturated heterocycles. The number of nitrogens with two attached hydrogens (primary N) is 1. The van der Waals surface area contributed by atoms with Crippen LogP contribution in [0.25, 0.3) is 0 Å². The van der Waals surface area contributed by atoms with E-state index in [0.29, 0.717) is 24.9 Å². The molecule has 2 atom stereocenters. The Hall–Kier alpha value is -0.660. The summed E-state index contributed by atoms with van der Waals surface area (Å²) in [6.07, 6.45) is 5.17. The van der Waals surface area contributed by atoms with Gasteiger partial charge in [0.15, 0.2) is 0 Å². The molecule has 0 aromatic rings. The maximum Gasteiger partial charge on any atom is 0.223 e. The van der Waals surface area contributed by atoms with Crippen molar-refractivity contribution in [2.24, 2.45) is 23.5 Å². The highest BCUT2D eigenvalue weighted by Crippen LogP contribution is 2.41. The smallest absolute Gasteiger partial charge is 0.223 e. The van der Waals surface area contributed by atoms with Gasteiger partial charge in [-0.15, -0.1) is 0 Å². The van der Waals surface area contributed by atoms with Gasteiger partial charge in [0.2, 0.25) is 15.9 Å². The zero-order chi connectivity index (χ0) is 17.0. The molecule has 0 heterocycles. The fourth-order valence-electron chi connectivity index (χ4n) is 4.20. The van der Waals surface area contributed by atoms with Crippen LogP contribution in [0.2, 0.25) is 0 Å². The van der Waals surface area contributed by atoms with Gasteiger partial charge in [-0.1, -0.05) is 20.3 Å². The van der Waals surface area contributed by atoms with Gasteiger partial charge >= 0.3 is 0 Å². The van der Waals surface area contributed by atoms with Gasteiger partial charge < -0.3 is 11.1 Å². The molecule has 134 valence electrons. The number of hydrogen-bond acceptors (Lipinski definition) is 4. The molecule has 1 amide bonds. The molecule has 6 nitrogen and oxygen atoms in total. The van der Waals surface area contributed by atoms with Gasteiger partial charge in [-0.2, -0.15) is 0 Å². The van der Waals surface area contributed by atoms with Gasteiger partial charge in [0.05, 0.1) is 5.75 Å². The van der Waals surface area contributed by atoms with E-state index in [0.717, 1.165) is 25.7 Å². The molecular formula is C16H31N3O3S. The van der Waals surface area contributed by atoms with Crippen LogP contribution in [0.1, 0.15) is 46.0 Å². The van der Waals surface area contributed by atoms with Crippen LogP contribution in [0.4, 0.5) is 0 Å². The number of nitrogens with one attached hydrogen (secondary N) is 1. The normalized spacial score (nSPS) is 31.1. The highest BCUT2D eigenvalue weighted by atomic mass is 32.2. The van der Waals surface area contributed by atoms with Crippen LogP contribution in [0.5, 0.6) is 0 Å². The molecule has 2 unspecified atom stereocenters. The predicted molar refractivity (Wildman–Crippen MR) is 91.2 cm³/mol. The Morgan fingerprint density at radius 1 is 1.17 bits per heavy atom. The molecule has 23 heavy (non-hydrogen) atoms. The first kappa shape index (κ1) is 18.7. The first-order valence-corrected chi connectivity index (χ1v) is 10.5. The van der Waals surface area contributed by atoms with Crippen LogP contribution in [0.3, 0.4) is 0 Å². The molecule has 2 aliphatic rings. The van der Waals surface area contributed by atoms with Crippen molar-refractivity contribution in [3.63, 3.8) is 0 Å². The number of hydrogen-bond donors (Lipinski definition) is 2. The van der Waals surface area contributed by atoms with Crippen molar-refractivity contribution in [2.45, 2.75) is 52.0 Å². The van der Waals surface area contributed by atoms with Crippen LogP contribution >= 0.6 is 0 Å². The lowest BCUT2D eigenvalue weighted by atomic mass is 9.65.